The average molecular weight is 329 g/mol. The lowest BCUT2D eigenvalue weighted by molar-refractivity contribution is -0.249. The van der Waals surface area contributed by atoms with Crippen molar-refractivity contribution < 1.29 is 38.1 Å². The third kappa shape index (κ3) is 4.19. The molecule has 9 nitrogen and oxygen atoms in total. The van der Waals surface area contributed by atoms with Crippen LogP contribution >= 0.6 is 0 Å². The van der Waals surface area contributed by atoms with E-state index in [2.05, 4.69) is 4.99 Å². The highest BCUT2D eigenvalue weighted by Gasteiger charge is 2.53. The molecular formula is C14H19NO8. The lowest BCUT2D eigenvalue weighted by Crippen LogP contribution is -2.60. The molecule has 0 amide bonds. The molecule has 0 aliphatic carbocycles. The summed E-state index contributed by atoms with van der Waals surface area (Å²) in [6.45, 7) is 5.17. The topological polar surface area (TPSA) is 110 Å². The molecule has 5 atom stereocenters. The van der Waals surface area contributed by atoms with Gasteiger partial charge in [-0.1, -0.05) is 0 Å². The van der Waals surface area contributed by atoms with Gasteiger partial charge in [0.15, 0.2) is 24.1 Å². The van der Waals surface area contributed by atoms with E-state index < -0.39 is 48.6 Å². The lowest BCUT2D eigenvalue weighted by Gasteiger charge is -2.40. The summed E-state index contributed by atoms with van der Waals surface area (Å²) >= 11 is 0. The fourth-order valence-electron chi connectivity index (χ4n) is 2.53. The summed E-state index contributed by atoms with van der Waals surface area (Å²) < 4.78 is 26.5. The summed E-state index contributed by atoms with van der Waals surface area (Å²) in [6.07, 6.45) is -3.50. The van der Waals surface area contributed by atoms with Crippen LogP contribution in [-0.2, 0) is 38.1 Å². The number of nitrogens with zero attached hydrogens (tertiary/aromatic N) is 1. The summed E-state index contributed by atoms with van der Waals surface area (Å²) in [5.41, 5.74) is 0. The number of carbonyl (C=O) groups is 3. The lowest BCUT2D eigenvalue weighted by atomic mass is 9.97. The van der Waals surface area contributed by atoms with Gasteiger partial charge in [0.2, 0.25) is 6.29 Å². The zero-order valence-electron chi connectivity index (χ0n) is 13.3. The molecule has 1 saturated heterocycles. The quantitative estimate of drug-likeness (QED) is 0.522. The Labute approximate surface area is 132 Å². The molecule has 0 unspecified atom stereocenters. The van der Waals surface area contributed by atoms with Gasteiger partial charge >= 0.3 is 17.9 Å². The van der Waals surface area contributed by atoms with Crippen LogP contribution in [0.4, 0.5) is 0 Å². The molecule has 0 bridgehead atoms. The van der Waals surface area contributed by atoms with E-state index in [0.29, 0.717) is 5.90 Å². The van der Waals surface area contributed by atoms with Crippen LogP contribution in [-0.4, -0.2) is 61.1 Å². The third-order valence-electron chi connectivity index (χ3n) is 3.29. The molecule has 0 radical (unpaired) electrons. The van der Waals surface area contributed by atoms with Crippen LogP contribution in [0.3, 0.4) is 0 Å². The zero-order chi connectivity index (χ0) is 17.1. The van der Waals surface area contributed by atoms with E-state index in [9.17, 15) is 14.4 Å². The van der Waals surface area contributed by atoms with Crippen molar-refractivity contribution in [2.45, 2.75) is 58.3 Å². The van der Waals surface area contributed by atoms with Gasteiger partial charge < -0.3 is 23.7 Å². The Morgan fingerprint density at radius 1 is 1.04 bits per heavy atom. The molecular weight excluding hydrogens is 310 g/mol. The number of hydrogen-bond acceptors (Lipinski definition) is 9. The first kappa shape index (κ1) is 17.2. The van der Waals surface area contributed by atoms with Gasteiger partial charge in [0.1, 0.15) is 12.7 Å². The number of ether oxygens (including phenoxy) is 5. The monoisotopic (exact) mass is 329 g/mol. The number of carbonyl (C=O) groups excluding carboxylic acids is 3. The van der Waals surface area contributed by atoms with Crippen LogP contribution in [0, 0.1) is 0 Å². The number of hydrogen-bond donors (Lipinski definition) is 0. The molecule has 0 aromatic carbocycles. The van der Waals surface area contributed by atoms with Gasteiger partial charge in [-0.25, -0.2) is 4.99 Å². The number of aliphatic imine (C=N–C) groups is 1. The SMILES string of the molecule is CC(=O)OC[C@@H]1O[C@@H]2OC(C)=N[C@@H]2[C@@H](OC(C)=O)[C@H]1OC(C)=O. The Balaban J connectivity index is 2.26. The van der Waals surface area contributed by atoms with Crippen molar-refractivity contribution in [2.24, 2.45) is 4.99 Å². The van der Waals surface area contributed by atoms with E-state index in [1.54, 1.807) is 6.92 Å². The van der Waals surface area contributed by atoms with Gasteiger partial charge in [-0.3, -0.25) is 14.4 Å². The highest BCUT2D eigenvalue weighted by Crippen LogP contribution is 2.32. The fourth-order valence-corrected chi connectivity index (χ4v) is 2.53. The first-order chi connectivity index (χ1) is 10.8. The predicted molar refractivity (Wildman–Crippen MR) is 74.4 cm³/mol. The van der Waals surface area contributed by atoms with E-state index in [0.717, 1.165) is 0 Å². The molecule has 23 heavy (non-hydrogen) atoms. The Kier molecular flexibility index (Phi) is 5.19. The van der Waals surface area contributed by atoms with Gasteiger partial charge in [0.05, 0.1) is 0 Å². The van der Waals surface area contributed by atoms with Crippen LogP contribution in [0.15, 0.2) is 4.99 Å². The number of rotatable bonds is 4. The van der Waals surface area contributed by atoms with Crippen LogP contribution in [0.25, 0.3) is 0 Å². The summed E-state index contributed by atoms with van der Waals surface area (Å²) in [5.74, 6) is -1.28. The maximum atomic E-state index is 11.4. The van der Waals surface area contributed by atoms with Gasteiger partial charge in [-0.05, 0) is 0 Å². The predicted octanol–water partition coefficient (Wildman–Crippen LogP) is -0.0450. The minimum atomic E-state index is -0.963. The van der Waals surface area contributed by atoms with E-state index in [-0.39, 0.29) is 6.61 Å². The third-order valence-corrected chi connectivity index (χ3v) is 3.29. The Hall–Kier alpha value is -2.16. The summed E-state index contributed by atoms with van der Waals surface area (Å²) in [6, 6.07) is -0.656. The molecule has 0 aromatic rings. The van der Waals surface area contributed by atoms with Gasteiger partial charge in [0, 0.05) is 27.7 Å². The highest BCUT2D eigenvalue weighted by atomic mass is 16.7. The Bertz CT molecular complexity index is 531. The first-order valence-electron chi connectivity index (χ1n) is 7.12. The van der Waals surface area contributed by atoms with E-state index in [1.165, 1.54) is 20.8 Å². The van der Waals surface area contributed by atoms with Crippen molar-refractivity contribution in [3.63, 3.8) is 0 Å². The summed E-state index contributed by atoms with van der Waals surface area (Å²) in [4.78, 5) is 38.1. The maximum absolute atomic E-state index is 11.4. The number of esters is 3. The zero-order valence-corrected chi connectivity index (χ0v) is 13.3. The summed E-state index contributed by atoms with van der Waals surface area (Å²) in [7, 11) is 0. The van der Waals surface area contributed by atoms with Crippen molar-refractivity contribution in [3.05, 3.63) is 0 Å². The van der Waals surface area contributed by atoms with Crippen LogP contribution in [0.1, 0.15) is 27.7 Å². The van der Waals surface area contributed by atoms with E-state index in [1.807, 2.05) is 0 Å². The normalized spacial score (nSPS) is 32.2. The van der Waals surface area contributed by atoms with Crippen LogP contribution < -0.4 is 0 Å². The van der Waals surface area contributed by atoms with E-state index >= 15 is 0 Å². The molecule has 9 heteroatoms. The Morgan fingerprint density at radius 2 is 1.65 bits per heavy atom. The largest absolute Gasteiger partial charge is 0.463 e. The van der Waals surface area contributed by atoms with Crippen molar-refractivity contribution in [2.75, 3.05) is 6.61 Å². The second-order valence-corrected chi connectivity index (χ2v) is 5.25. The minimum Gasteiger partial charge on any atom is -0.463 e. The fraction of sp³-hybridized carbons (Fsp3) is 0.714. The molecule has 128 valence electrons. The van der Waals surface area contributed by atoms with E-state index in [4.69, 9.17) is 23.7 Å². The van der Waals surface area contributed by atoms with Gasteiger partial charge in [0.25, 0.3) is 0 Å². The van der Waals surface area contributed by atoms with Crippen molar-refractivity contribution in [1.29, 1.82) is 0 Å². The molecule has 2 aliphatic rings. The van der Waals surface area contributed by atoms with Gasteiger partial charge in [-0.2, -0.15) is 0 Å². The van der Waals surface area contributed by atoms with Gasteiger partial charge in [-0.15, -0.1) is 0 Å². The Morgan fingerprint density at radius 3 is 2.22 bits per heavy atom. The highest BCUT2D eigenvalue weighted by molar-refractivity contribution is 5.75. The molecule has 0 spiro atoms. The second-order valence-electron chi connectivity index (χ2n) is 5.25. The van der Waals surface area contributed by atoms with Crippen LogP contribution in [0.2, 0.25) is 0 Å². The molecule has 0 saturated carbocycles. The molecule has 0 N–H and O–H groups in total. The molecule has 1 fully saturated rings. The van der Waals surface area contributed by atoms with Crippen molar-refractivity contribution in [3.8, 4) is 0 Å². The smallest absolute Gasteiger partial charge is 0.303 e. The maximum Gasteiger partial charge on any atom is 0.303 e. The van der Waals surface area contributed by atoms with Crippen molar-refractivity contribution >= 4 is 23.8 Å². The van der Waals surface area contributed by atoms with Crippen molar-refractivity contribution in [1.82, 2.24) is 0 Å². The molecule has 0 aromatic heterocycles. The molecule has 2 rings (SSSR count). The standard InChI is InChI=1S/C14H19NO8/c1-6-15-11-13(22-9(4)18)12(21-8(3)17)10(5-19-7(2)16)23-14(11)20-6/h10-14H,5H2,1-4H3/t10-,11+,12-,13+,14-/m0/s1. The molecule has 2 heterocycles. The number of fused-ring (bicyclic) bond motifs is 1. The summed E-state index contributed by atoms with van der Waals surface area (Å²) in [5, 5.41) is 0. The second kappa shape index (κ2) is 6.95. The first-order valence-corrected chi connectivity index (χ1v) is 7.12. The molecule has 2 aliphatic heterocycles. The van der Waals surface area contributed by atoms with Crippen LogP contribution in [0.5, 0.6) is 0 Å². The minimum absolute atomic E-state index is 0.170. The average Bonchev–Trinajstić information content (AvgIpc) is 2.78.